The number of nitrogens with zero attached hydrogens (tertiary/aromatic N) is 2. The number of aromatic nitrogens is 2. The lowest BCUT2D eigenvalue weighted by Crippen LogP contribution is -2.15. The number of rotatable bonds is 6. The molecule has 0 radical (unpaired) electrons. The third-order valence-electron chi connectivity index (χ3n) is 2.58. The second-order valence-electron chi connectivity index (χ2n) is 4.06. The molecule has 0 saturated carbocycles. The Morgan fingerprint density at radius 1 is 1.43 bits per heavy atom. The third kappa shape index (κ3) is 3.28. The Morgan fingerprint density at radius 3 is 2.76 bits per heavy atom. The molecule has 0 aliphatic rings. The van der Waals surface area contributed by atoms with E-state index in [1.165, 1.54) is 24.5 Å². The number of benzene rings is 1. The van der Waals surface area contributed by atoms with Crippen LogP contribution in [-0.4, -0.2) is 30.1 Å². The first-order chi connectivity index (χ1) is 9.94. The van der Waals surface area contributed by atoms with E-state index in [9.17, 15) is 18.5 Å². The zero-order valence-corrected chi connectivity index (χ0v) is 11.8. The average Bonchev–Trinajstić information content (AvgIpc) is 2.91. The number of H-pyrrole nitrogens is 1. The number of nitro groups is 1. The molecule has 21 heavy (non-hydrogen) atoms. The summed E-state index contributed by atoms with van der Waals surface area (Å²) in [6.45, 7) is 2.19. The van der Waals surface area contributed by atoms with Gasteiger partial charge in [-0.1, -0.05) is 0 Å². The van der Waals surface area contributed by atoms with Crippen molar-refractivity contribution in [2.45, 2.75) is 11.8 Å². The van der Waals surface area contributed by atoms with Gasteiger partial charge in [-0.05, 0) is 13.0 Å². The highest BCUT2D eigenvalue weighted by molar-refractivity contribution is 7.92. The monoisotopic (exact) mass is 311 g/mol. The van der Waals surface area contributed by atoms with E-state index >= 15 is 0 Å². The molecule has 0 spiro atoms. The number of anilines is 2. The summed E-state index contributed by atoms with van der Waals surface area (Å²) in [5.74, 6) is 0. The van der Waals surface area contributed by atoms with Crippen LogP contribution in [0.4, 0.5) is 17.1 Å². The van der Waals surface area contributed by atoms with Gasteiger partial charge in [0.1, 0.15) is 4.90 Å². The van der Waals surface area contributed by atoms with E-state index in [0.29, 0.717) is 6.54 Å². The summed E-state index contributed by atoms with van der Waals surface area (Å²) < 4.78 is 27.0. The molecule has 0 bridgehead atoms. The molecule has 0 unspecified atom stereocenters. The summed E-state index contributed by atoms with van der Waals surface area (Å²) in [6, 6.07) is 3.52. The van der Waals surface area contributed by atoms with Crippen LogP contribution in [0.2, 0.25) is 0 Å². The van der Waals surface area contributed by atoms with Crippen LogP contribution in [0, 0.1) is 10.1 Å². The molecule has 10 heteroatoms. The molecule has 112 valence electrons. The van der Waals surface area contributed by atoms with Gasteiger partial charge in [0.2, 0.25) is 0 Å². The van der Waals surface area contributed by atoms with Crippen molar-refractivity contribution in [2.75, 3.05) is 16.6 Å². The van der Waals surface area contributed by atoms with Crippen LogP contribution >= 0.6 is 0 Å². The second-order valence-corrected chi connectivity index (χ2v) is 5.71. The van der Waals surface area contributed by atoms with Crippen LogP contribution in [0.1, 0.15) is 6.92 Å². The van der Waals surface area contributed by atoms with E-state index < -0.39 is 14.9 Å². The van der Waals surface area contributed by atoms with Crippen LogP contribution in [0.15, 0.2) is 35.5 Å². The normalized spacial score (nSPS) is 11.1. The number of nitrogens with one attached hydrogen (secondary N) is 3. The maximum absolute atomic E-state index is 12.3. The first-order valence-electron chi connectivity index (χ1n) is 5.98. The Hall–Kier alpha value is -2.62. The molecule has 1 aromatic carbocycles. The summed E-state index contributed by atoms with van der Waals surface area (Å²) >= 11 is 0. The second kappa shape index (κ2) is 5.79. The largest absolute Gasteiger partial charge is 0.384 e. The first-order valence-corrected chi connectivity index (χ1v) is 7.46. The highest BCUT2D eigenvalue weighted by Crippen LogP contribution is 2.27. The maximum atomic E-state index is 12.3. The molecule has 0 atom stereocenters. The summed E-state index contributed by atoms with van der Waals surface area (Å²) in [4.78, 5) is 10.1. The van der Waals surface area contributed by atoms with Gasteiger partial charge in [0.25, 0.3) is 15.7 Å². The van der Waals surface area contributed by atoms with Crippen molar-refractivity contribution < 1.29 is 13.3 Å². The molecule has 0 aliphatic heterocycles. The molecule has 1 heterocycles. The summed E-state index contributed by atoms with van der Waals surface area (Å²) in [6.07, 6.45) is 2.70. The minimum absolute atomic E-state index is 0.0730. The van der Waals surface area contributed by atoms with E-state index in [-0.39, 0.29) is 22.0 Å². The number of sulfonamides is 1. The molecule has 1 aromatic heterocycles. The summed E-state index contributed by atoms with van der Waals surface area (Å²) in [5, 5.41) is 19.7. The van der Waals surface area contributed by atoms with Crippen molar-refractivity contribution in [3.05, 3.63) is 40.7 Å². The predicted molar refractivity (Wildman–Crippen MR) is 76.7 cm³/mol. The van der Waals surface area contributed by atoms with Gasteiger partial charge in [-0.3, -0.25) is 19.9 Å². The van der Waals surface area contributed by atoms with Gasteiger partial charge in [-0.2, -0.15) is 5.10 Å². The fraction of sp³-hybridized carbons (Fsp3) is 0.182. The lowest BCUT2D eigenvalue weighted by atomic mass is 10.3. The van der Waals surface area contributed by atoms with E-state index in [2.05, 4.69) is 20.2 Å². The average molecular weight is 311 g/mol. The summed E-state index contributed by atoms with van der Waals surface area (Å²) in [7, 11) is -3.87. The summed E-state index contributed by atoms with van der Waals surface area (Å²) in [5.41, 5.74) is 0.256. The Bertz CT molecular complexity index is 742. The Balaban J connectivity index is 2.44. The van der Waals surface area contributed by atoms with E-state index in [1.807, 2.05) is 0 Å². The van der Waals surface area contributed by atoms with Crippen LogP contribution in [-0.2, 0) is 10.0 Å². The molecule has 2 rings (SSSR count). The van der Waals surface area contributed by atoms with Crippen molar-refractivity contribution >= 4 is 27.1 Å². The Labute approximate surface area is 120 Å². The molecule has 0 fully saturated rings. The minimum Gasteiger partial charge on any atom is -0.384 e. The Morgan fingerprint density at radius 2 is 2.19 bits per heavy atom. The number of nitro benzene ring substituents is 1. The SMILES string of the molecule is CCNc1cc([N+](=O)[O-])ccc1S(=O)(=O)Nc1cn[nH]c1. The molecule has 2 aromatic rings. The van der Waals surface area contributed by atoms with Crippen LogP contribution in [0.25, 0.3) is 0 Å². The zero-order chi connectivity index (χ0) is 15.5. The van der Waals surface area contributed by atoms with Gasteiger partial charge in [0.05, 0.1) is 22.5 Å². The minimum atomic E-state index is -3.87. The fourth-order valence-corrected chi connectivity index (χ4v) is 2.91. The van der Waals surface area contributed by atoms with E-state index in [1.54, 1.807) is 6.92 Å². The highest BCUT2D eigenvalue weighted by Gasteiger charge is 2.21. The molecular weight excluding hydrogens is 298 g/mol. The van der Waals surface area contributed by atoms with Gasteiger partial charge < -0.3 is 5.32 Å². The molecule has 9 nitrogen and oxygen atoms in total. The lowest BCUT2D eigenvalue weighted by Gasteiger charge is -2.12. The van der Waals surface area contributed by atoms with Crippen molar-refractivity contribution in [1.29, 1.82) is 0 Å². The van der Waals surface area contributed by atoms with Crippen molar-refractivity contribution in [3.63, 3.8) is 0 Å². The molecular formula is C11H13N5O4S. The standard InChI is InChI=1S/C11H13N5O4S/c1-2-12-10-5-9(16(17)18)3-4-11(10)21(19,20)15-8-6-13-14-7-8/h3-7,12,15H,2H2,1H3,(H,13,14). The van der Waals surface area contributed by atoms with Gasteiger partial charge in [0, 0.05) is 24.9 Å². The van der Waals surface area contributed by atoms with Crippen molar-refractivity contribution in [2.24, 2.45) is 0 Å². The molecule has 0 amide bonds. The fourth-order valence-electron chi connectivity index (χ4n) is 1.71. The van der Waals surface area contributed by atoms with Crippen molar-refractivity contribution in [1.82, 2.24) is 10.2 Å². The first kappa shape index (κ1) is 14.8. The molecule has 0 saturated heterocycles. The van der Waals surface area contributed by atoms with Gasteiger partial charge in [-0.15, -0.1) is 0 Å². The maximum Gasteiger partial charge on any atom is 0.271 e. The van der Waals surface area contributed by atoms with Gasteiger partial charge in [0.15, 0.2) is 0 Å². The molecule has 3 N–H and O–H groups in total. The van der Waals surface area contributed by atoms with Crippen molar-refractivity contribution in [3.8, 4) is 0 Å². The van der Waals surface area contributed by atoms with E-state index in [4.69, 9.17) is 0 Å². The van der Waals surface area contributed by atoms with Crippen LogP contribution in [0.5, 0.6) is 0 Å². The van der Waals surface area contributed by atoms with Gasteiger partial charge >= 0.3 is 0 Å². The third-order valence-corrected chi connectivity index (χ3v) is 4.02. The van der Waals surface area contributed by atoms with Gasteiger partial charge in [-0.25, -0.2) is 8.42 Å². The number of non-ortho nitro benzene ring substituents is 1. The van der Waals surface area contributed by atoms with Crippen LogP contribution in [0.3, 0.4) is 0 Å². The topological polar surface area (TPSA) is 130 Å². The lowest BCUT2D eigenvalue weighted by molar-refractivity contribution is -0.384. The number of aromatic amines is 1. The quantitative estimate of drug-likeness (QED) is 0.548. The zero-order valence-electron chi connectivity index (χ0n) is 11.0. The molecule has 0 aliphatic carbocycles. The predicted octanol–water partition coefficient (Wildman–Crippen LogP) is 1.55. The number of hydrogen-bond donors (Lipinski definition) is 3. The van der Waals surface area contributed by atoms with E-state index in [0.717, 1.165) is 6.07 Å². The van der Waals surface area contributed by atoms with Crippen LogP contribution < -0.4 is 10.0 Å². The Kier molecular flexibility index (Phi) is 4.08. The smallest absolute Gasteiger partial charge is 0.271 e. The highest BCUT2D eigenvalue weighted by atomic mass is 32.2. The number of hydrogen-bond acceptors (Lipinski definition) is 6.